The van der Waals surface area contributed by atoms with Crippen molar-refractivity contribution < 1.29 is 4.74 Å². The van der Waals surface area contributed by atoms with E-state index >= 15 is 0 Å². The minimum atomic E-state index is 0.519. The Morgan fingerprint density at radius 2 is 2.06 bits per heavy atom. The van der Waals surface area contributed by atoms with Crippen molar-refractivity contribution in [1.29, 1.82) is 0 Å². The van der Waals surface area contributed by atoms with Crippen LogP contribution in [0.2, 0.25) is 0 Å². The number of rotatable bonds is 6. The highest BCUT2D eigenvalue weighted by Gasteiger charge is 2.28. The van der Waals surface area contributed by atoms with Crippen molar-refractivity contribution in [1.82, 2.24) is 4.90 Å². The molecule has 0 aromatic rings. The molecule has 2 atom stereocenters. The average molecular weight is 246 g/mol. The van der Waals surface area contributed by atoms with Crippen LogP contribution in [0.15, 0.2) is 0 Å². The lowest BCUT2D eigenvalue weighted by Crippen LogP contribution is -2.49. The molecule has 0 aromatic heterocycles. The third kappa shape index (κ3) is 3.91. The van der Waals surface area contributed by atoms with Crippen LogP contribution < -0.4 is 5.73 Å². The van der Waals surface area contributed by atoms with Crippen LogP contribution in [0.4, 0.5) is 0 Å². The van der Waals surface area contributed by atoms with Gasteiger partial charge < -0.3 is 10.5 Å². The first-order valence-electron chi connectivity index (χ1n) is 6.19. The van der Waals surface area contributed by atoms with E-state index in [0.717, 1.165) is 32.6 Å². The van der Waals surface area contributed by atoms with Crippen LogP contribution in [0.5, 0.6) is 0 Å². The van der Waals surface area contributed by atoms with Crippen molar-refractivity contribution in [3.63, 3.8) is 0 Å². The molecule has 0 aliphatic carbocycles. The van der Waals surface area contributed by atoms with Gasteiger partial charge in [0.1, 0.15) is 0 Å². The van der Waals surface area contributed by atoms with Crippen molar-refractivity contribution in [2.45, 2.75) is 31.8 Å². The maximum absolute atomic E-state index is 5.95. The fraction of sp³-hybridized carbons (Fsp3) is 1.00. The highest BCUT2D eigenvalue weighted by atomic mass is 32.2. The molecule has 1 aliphatic heterocycles. The molecule has 96 valence electrons. The second kappa shape index (κ2) is 7.54. The zero-order chi connectivity index (χ0) is 12.0. The number of thioether (sulfide) groups is 1. The second-order valence-corrected chi connectivity index (χ2v) is 5.63. The molecule has 4 heteroatoms. The summed E-state index contributed by atoms with van der Waals surface area (Å²) in [5.74, 6) is 1.89. The van der Waals surface area contributed by atoms with Crippen LogP contribution in [0, 0.1) is 5.92 Å². The summed E-state index contributed by atoms with van der Waals surface area (Å²) in [6, 6.07) is 1.12. The Morgan fingerprint density at radius 1 is 1.44 bits per heavy atom. The molecule has 3 nitrogen and oxygen atoms in total. The van der Waals surface area contributed by atoms with Crippen molar-refractivity contribution in [2.75, 3.05) is 38.8 Å². The Kier molecular flexibility index (Phi) is 6.73. The predicted octanol–water partition coefficient (Wildman–Crippen LogP) is 1.42. The summed E-state index contributed by atoms with van der Waals surface area (Å²) in [7, 11) is 2.22. The van der Waals surface area contributed by atoms with Crippen LogP contribution in [0.3, 0.4) is 0 Å². The number of hydrogen-bond acceptors (Lipinski definition) is 4. The van der Waals surface area contributed by atoms with Gasteiger partial charge in [0.05, 0.1) is 0 Å². The third-order valence-electron chi connectivity index (χ3n) is 3.68. The molecule has 1 aliphatic rings. The Hall–Kier alpha value is 0.230. The number of likely N-dealkylation sites (N-methyl/N-ethyl adjacent to an activating group) is 1. The molecule has 16 heavy (non-hydrogen) atoms. The second-order valence-electron chi connectivity index (χ2n) is 4.72. The van der Waals surface area contributed by atoms with Crippen molar-refractivity contribution in [3.05, 3.63) is 0 Å². The largest absolute Gasteiger partial charge is 0.381 e. The molecule has 1 fully saturated rings. The van der Waals surface area contributed by atoms with Gasteiger partial charge in [-0.05, 0) is 39.0 Å². The molecule has 2 unspecified atom stereocenters. The Morgan fingerprint density at radius 3 is 2.56 bits per heavy atom. The van der Waals surface area contributed by atoms with Crippen molar-refractivity contribution in [3.8, 4) is 0 Å². The first-order chi connectivity index (χ1) is 7.70. The fourth-order valence-corrected chi connectivity index (χ4v) is 3.20. The molecular weight excluding hydrogens is 220 g/mol. The van der Waals surface area contributed by atoms with Gasteiger partial charge in [-0.15, -0.1) is 0 Å². The molecule has 0 aromatic carbocycles. The van der Waals surface area contributed by atoms with E-state index in [1.165, 1.54) is 5.75 Å². The van der Waals surface area contributed by atoms with E-state index in [1.807, 2.05) is 11.8 Å². The van der Waals surface area contributed by atoms with Gasteiger partial charge in [0.2, 0.25) is 0 Å². The van der Waals surface area contributed by atoms with Crippen molar-refractivity contribution in [2.24, 2.45) is 11.7 Å². The Labute approximate surface area is 104 Å². The van der Waals surface area contributed by atoms with Crippen molar-refractivity contribution >= 4 is 11.8 Å². The van der Waals surface area contributed by atoms with Crippen LogP contribution in [0.1, 0.15) is 19.8 Å². The van der Waals surface area contributed by atoms with E-state index in [9.17, 15) is 0 Å². The van der Waals surface area contributed by atoms with Crippen LogP contribution >= 0.6 is 11.8 Å². The van der Waals surface area contributed by atoms with Gasteiger partial charge in [0.15, 0.2) is 0 Å². The van der Waals surface area contributed by atoms with E-state index in [1.54, 1.807) is 0 Å². The third-order valence-corrected chi connectivity index (χ3v) is 4.49. The lowest BCUT2D eigenvalue weighted by atomic mass is 9.90. The van der Waals surface area contributed by atoms with Crippen LogP contribution in [-0.2, 0) is 4.74 Å². The van der Waals surface area contributed by atoms with Gasteiger partial charge in [0.25, 0.3) is 0 Å². The molecule has 1 rings (SSSR count). The maximum atomic E-state index is 5.95. The number of nitrogens with zero attached hydrogens (tertiary/aromatic N) is 1. The minimum absolute atomic E-state index is 0.519. The monoisotopic (exact) mass is 246 g/mol. The molecule has 1 saturated heterocycles. The summed E-state index contributed by atoms with van der Waals surface area (Å²) in [5, 5.41) is 0. The van der Waals surface area contributed by atoms with Gasteiger partial charge in [-0.25, -0.2) is 0 Å². The predicted molar refractivity (Wildman–Crippen MR) is 72.0 cm³/mol. The van der Waals surface area contributed by atoms with E-state index in [0.29, 0.717) is 18.0 Å². The number of ether oxygens (including phenoxy) is 1. The maximum Gasteiger partial charge on any atom is 0.0469 e. The quantitative estimate of drug-likeness (QED) is 0.769. The zero-order valence-corrected chi connectivity index (χ0v) is 11.6. The summed E-state index contributed by atoms with van der Waals surface area (Å²) in [6.07, 6.45) is 4.49. The number of hydrogen-bond donors (Lipinski definition) is 1. The summed E-state index contributed by atoms with van der Waals surface area (Å²) < 4.78 is 5.42. The molecule has 0 spiro atoms. The Bertz CT molecular complexity index is 186. The van der Waals surface area contributed by atoms with E-state index < -0.39 is 0 Å². The van der Waals surface area contributed by atoms with Gasteiger partial charge in [-0.2, -0.15) is 11.8 Å². The summed E-state index contributed by atoms with van der Waals surface area (Å²) >= 11 is 1.91. The normalized spacial score (nSPS) is 22.3. The lowest BCUT2D eigenvalue weighted by molar-refractivity contribution is 0.0276. The van der Waals surface area contributed by atoms with E-state index in [2.05, 4.69) is 25.1 Å². The molecule has 2 N–H and O–H groups in total. The topological polar surface area (TPSA) is 38.5 Å². The van der Waals surface area contributed by atoms with E-state index in [4.69, 9.17) is 10.5 Å². The SMILES string of the molecule is CSCC(C)N(C)C(CN)C1CCOCC1. The summed E-state index contributed by atoms with van der Waals surface area (Å²) in [5.41, 5.74) is 5.95. The molecular formula is C12H26N2OS. The van der Waals surface area contributed by atoms with E-state index in [-0.39, 0.29) is 0 Å². The zero-order valence-electron chi connectivity index (χ0n) is 10.8. The first-order valence-corrected chi connectivity index (χ1v) is 7.58. The molecule has 0 bridgehead atoms. The van der Waals surface area contributed by atoms with Crippen LogP contribution in [-0.4, -0.2) is 55.8 Å². The number of nitrogens with two attached hydrogens (primary N) is 1. The van der Waals surface area contributed by atoms with Crippen LogP contribution in [0.25, 0.3) is 0 Å². The average Bonchev–Trinajstić information content (AvgIpc) is 2.31. The highest BCUT2D eigenvalue weighted by molar-refractivity contribution is 7.98. The molecule has 0 amide bonds. The molecule has 1 heterocycles. The lowest BCUT2D eigenvalue weighted by Gasteiger charge is -2.39. The highest BCUT2D eigenvalue weighted by Crippen LogP contribution is 2.23. The van der Waals surface area contributed by atoms with Gasteiger partial charge in [0, 0.05) is 37.6 Å². The summed E-state index contributed by atoms with van der Waals surface area (Å²) in [4.78, 5) is 2.46. The first kappa shape index (κ1) is 14.3. The Balaban J connectivity index is 2.50. The molecule has 0 radical (unpaired) electrons. The summed E-state index contributed by atoms with van der Waals surface area (Å²) in [6.45, 7) is 4.87. The fourth-order valence-electron chi connectivity index (χ4n) is 2.48. The van der Waals surface area contributed by atoms with Gasteiger partial charge in [-0.1, -0.05) is 0 Å². The standard InChI is InChI=1S/C12H26N2OS/c1-10(9-16-3)14(2)12(8-13)11-4-6-15-7-5-11/h10-12H,4-9,13H2,1-3H3. The smallest absolute Gasteiger partial charge is 0.0469 e. The van der Waals surface area contributed by atoms with Gasteiger partial charge >= 0.3 is 0 Å². The van der Waals surface area contributed by atoms with Gasteiger partial charge in [-0.3, -0.25) is 4.90 Å². The molecule has 0 saturated carbocycles. The minimum Gasteiger partial charge on any atom is -0.381 e.